The van der Waals surface area contributed by atoms with Crippen molar-refractivity contribution < 1.29 is 17.9 Å². The zero-order valence-corrected chi connectivity index (χ0v) is 12.0. The summed E-state index contributed by atoms with van der Waals surface area (Å²) < 4.78 is 43.7. The number of nitrogens with one attached hydrogen (secondary N) is 1. The first kappa shape index (κ1) is 15.6. The normalized spacial score (nSPS) is 12.0. The smallest absolute Gasteiger partial charge is 0.401 e. The highest BCUT2D eigenvalue weighted by atomic mass is 19.4. The topological polar surface area (TPSA) is 39.1 Å². The number of methoxy groups -OCH3 is 1. The van der Waals surface area contributed by atoms with Gasteiger partial charge in [0.05, 0.1) is 31.2 Å². The molecule has 116 valence electrons. The minimum Gasteiger partial charge on any atom is -0.497 e. The number of aryl methyl sites for hydroxylation is 1. The summed E-state index contributed by atoms with van der Waals surface area (Å²) in [6.07, 6.45) is -3.34. The molecule has 4 nitrogen and oxygen atoms in total. The van der Waals surface area contributed by atoms with Crippen molar-refractivity contribution in [1.82, 2.24) is 14.9 Å². The van der Waals surface area contributed by atoms with Crippen molar-refractivity contribution in [3.8, 4) is 5.75 Å². The van der Waals surface area contributed by atoms with E-state index in [4.69, 9.17) is 4.74 Å². The SMILES string of the molecule is CCCn1c(CNCC(F)(F)F)nc2cc(OC)ccc21. The van der Waals surface area contributed by atoms with Crippen LogP contribution >= 0.6 is 0 Å². The molecule has 2 rings (SSSR count). The van der Waals surface area contributed by atoms with Gasteiger partial charge in [0.25, 0.3) is 0 Å². The molecule has 1 aromatic carbocycles. The van der Waals surface area contributed by atoms with Crippen LogP contribution in [0.3, 0.4) is 0 Å². The Bertz CT molecular complexity index is 607. The zero-order valence-electron chi connectivity index (χ0n) is 12.0. The third-order valence-corrected chi connectivity index (χ3v) is 3.09. The lowest BCUT2D eigenvalue weighted by Crippen LogP contribution is -2.29. The Hall–Kier alpha value is -1.76. The van der Waals surface area contributed by atoms with Crippen LogP contribution in [-0.4, -0.2) is 29.4 Å². The summed E-state index contributed by atoms with van der Waals surface area (Å²) in [6, 6.07) is 5.49. The van der Waals surface area contributed by atoms with E-state index in [-0.39, 0.29) is 6.54 Å². The summed E-state index contributed by atoms with van der Waals surface area (Å²) in [7, 11) is 1.57. The fourth-order valence-electron chi connectivity index (χ4n) is 2.21. The molecule has 0 aliphatic rings. The standard InChI is InChI=1S/C14H18F3N3O/c1-3-6-20-12-5-4-10(21-2)7-11(12)19-13(20)8-18-9-14(15,16)17/h4-5,7,18H,3,6,8-9H2,1-2H3. The van der Waals surface area contributed by atoms with Crippen LogP contribution in [0.15, 0.2) is 18.2 Å². The van der Waals surface area contributed by atoms with E-state index in [9.17, 15) is 13.2 Å². The summed E-state index contributed by atoms with van der Waals surface area (Å²) in [5.74, 6) is 1.28. The molecule has 1 N–H and O–H groups in total. The number of fused-ring (bicyclic) bond motifs is 1. The molecule has 0 aliphatic carbocycles. The highest BCUT2D eigenvalue weighted by Crippen LogP contribution is 2.22. The highest BCUT2D eigenvalue weighted by Gasteiger charge is 2.26. The average molecular weight is 301 g/mol. The van der Waals surface area contributed by atoms with Gasteiger partial charge >= 0.3 is 6.18 Å². The van der Waals surface area contributed by atoms with Gasteiger partial charge in [0, 0.05) is 12.6 Å². The van der Waals surface area contributed by atoms with Crippen LogP contribution in [0.2, 0.25) is 0 Å². The molecule has 0 atom stereocenters. The number of alkyl halides is 3. The van der Waals surface area contributed by atoms with Crippen molar-refractivity contribution in [1.29, 1.82) is 0 Å². The fourth-order valence-corrected chi connectivity index (χ4v) is 2.21. The molecule has 21 heavy (non-hydrogen) atoms. The van der Waals surface area contributed by atoms with Crippen LogP contribution in [0.5, 0.6) is 5.75 Å². The van der Waals surface area contributed by atoms with Gasteiger partial charge in [0.1, 0.15) is 11.6 Å². The molecule has 0 fully saturated rings. The van der Waals surface area contributed by atoms with Crippen molar-refractivity contribution in [2.24, 2.45) is 0 Å². The Labute approximate surface area is 120 Å². The van der Waals surface area contributed by atoms with E-state index in [1.54, 1.807) is 13.2 Å². The summed E-state index contributed by atoms with van der Waals surface area (Å²) in [4.78, 5) is 4.41. The molecule has 0 saturated heterocycles. The van der Waals surface area contributed by atoms with Crippen LogP contribution in [-0.2, 0) is 13.1 Å². The third-order valence-electron chi connectivity index (χ3n) is 3.09. The molecule has 0 aliphatic heterocycles. The molecular weight excluding hydrogens is 283 g/mol. The maximum Gasteiger partial charge on any atom is 0.401 e. The molecular formula is C14H18F3N3O. The van der Waals surface area contributed by atoms with E-state index in [1.165, 1.54) is 0 Å². The Morgan fingerprint density at radius 1 is 1.33 bits per heavy atom. The van der Waals surface area contributed by atoms with E-state index in [1.807, 2.05) is 23.6 Å². The largest absolute Gasteiger partial charge is 0.497 e. The van der Waals surface area contributed by atoms with E-state index in [2.05, 4.69) is 10.3 Å². The molecule has 1 aromatic heterocycles. The van der Waals surface area contributed by atoms with Gasteiger partial charge in [-0.2, -0.15) is 13.2 Å². The van der Waals surface area contributed by atoms with Gasteiger partial charge in [-0.15, -0.1) is 0 Å². The zero-order chi connectivity index (χ0) is 15.5. The molecule has 7 heteroatoms. The van der Waals surface area contributed by atoms with Gasteiger partial charge < -0.3 is 14.6 Å². The number of ether oxygens (including phenoxy) is 1. The Balaban J connectivity index is 2.26. The second-order valence-electron chi connectivity index (χ2n) is 4.75. The number of hydrogen-bond acceptors (Lipinski definition) is 3. The number of benzene rings is 1. The lowest BCUT2D eigenvalue weighted by molar-refractivity contribution is -0.125. The lowest BCUT2D eigenvalue weighted by atomic mass is 10.3. The molecule has 0 unspecified atom stereocenters. The predicted molar refractivity (Wildman–Crippen MR) is 74.3 cm³/mol. The van der Waals surface area contributed by atoms with Crippen LogP contribution < -0.4 is 10.1 Å². The number of nitrogens with zero attached hydrogens (tertiary/aromatic N) is 2. The maximum absolute atomic E-state index is 12.2. The van der Waals surface area contributed by atoms with Crippen molar-refractivity contribution in [2.45, 2.75) is 32.6 Å². The Kier molecular flexibility index (Phi) is 4.72. The number of hydrogen-bond donors (Lipinski definition) is 1. The van der Waals surface area contributed by atoms with Gasteiger partial charge in [-0.3, -0.25) is 0 Å². The number of halogens is 3. The fraction of sp³-hybridized carbons (Fsp3) is 0.500. The second-order valence-corrected chi connectivity index (χ2v) is 4.75. The number of imidazole rings is 1. The van der Waals surface area contributed by atoms with Gasteiger partial charge in [0.15, 0.2) is 0 Å². The van der Waals surface area contributed by atoms with Crippen molar-refractivity contribution in [2.75, 3.05) is 13.7 Å². The quantitative estimate of drug-likeness (QED) is 0.891. The number of rotatable bonds is 6. The van der Waals surface area contributed by atoms with E-state index >= 15 is 0 Å². The van der Waals surface area contributed by atoms with E-state index < -0.39 is 12.7 Å². The van der Waals surface area contributed by atoms with Crippen molar-refractivity contribution in [3.05, 3.63) is 24.0 Å². The first-order valence-corrected chi connectivity index (χ1v) is 6.75. The van der Waals surface area contributed by atoms with Crippen LogP contribution in [0.25, 0.3) is 11.0 Å². The molecule has 0 saturated carbocycles. The molecule has 2 aromatic rings. The number of aromatic nitrogens is 2. The van der Waals surface area contributed by atoms with Gasteiger partial charge in [-0.05, 0) is 18.6 Å². The molecule has 0 spiro atoms. The van der Waals surface area contributed by atoms with Gasteiger partial charge in [0.2, 0.25) is 0 Å². The van der Waals surface area contributed by atoms with E-state index in [0.29, 0.717) is 18.1 Å². The molecule has 1 heterocycles. The minimum atomic E-state index is -4.22. The van der Waals surface area contributed by atoms with Crippen LogP contribution in [0.4, 0.5) is 13.2 Å². The summed E-state index contributed by atoms with van der Waals surface area (Å²) in [6.45, 7) is 1.79. The Morgan fingerprint density at radius 2 is 2.10 bits per heavy atom. The minimum absolute atomic E-state index is 0.0799. The Morgan fingerprint density at radius 3 is 2.71 bits per heavy atom. The average Bonchev–Trinajstić information content (AvgIpc) is 2.75. The van der Waals surface area contributed by atoms with Gasteiger partial charge in [-0.1, -0.05) is 6.92 Å². The van der Waals surface area contributed by atoms with Gasteiger partial charge in [-0.25, -0.2) is 4.98 Å². The van der Waals surface area contributed by atoms with Crippen LogP contribution in [0, 0.1) is 0 Å². The summed E-state index contributed by atoms with van der Waals surface area (Å²) >= 11 is 0. The maximum atomic E-state index is 12.2. The van der Waals surface area contributed by atoms with Crippen molar-refractivity contribution >= 4 is 11.0 Å². The first-order valence-electron chi connectivity index (χ1n) is 6.75. The third kappa shape index (κ3) is 3.87. The lowest BCUT2D eigenvalue weighted by Gasteiger charge is -2.10. The first-order chi connectivity index (χ1) is 9.94. The highest BCUT2D eigenvalue weighted by molar-refractivity contribution is 5.77. The van der Waals surface area contributed by atoms with E-state index in [0.717, 1.165) is 17.5 Å². The summed E-state index contributed by atoms with van der Waals surface area (Å²) in [5, 5.41) is 2.39. The summed E-state index contributed by atoms with van der Waals surface area (Å²) in [5.41, 5.74) is 1.63. The molecule has 0 amide bonds. The second kappa shape index (κ2) is 6.34. The monoisotopic (exact) mass is 301 g/mol. The molecule has 0 radical (unpaired) electrons. The predicted octanol–water partition coefficient (Wildman–Crippen LogP) is 3.11. The van der Waals surface area contributed by atoms with Crippen LogP contribution in [0.1, 0.15) is 19.2 Å². The van der Waals surface area contributed by atoms with Crippen molar-refractivity contribution in [3.63, 3.8) is 0 Å². The molecule has 0 bridgehead atoms.